The predicted octanol–water partition coefficient (Wildman–Crippen LogP) is 1.05. The van der Waals surface area contributed by atoms with Crippen LogP contribution in [0.1, 0.15) is 0 Å². The minimum Gasteiger partial charge on any atom is -0.323 e. The van der Waals surface area contributed by atoms with Gasteiger partial charge in [0.25, 0.3) is 0 Å². The van der Waals surface area contributed by atoms with E-state index in [1.54, 1.807) is 0 Å². The molecule has 8 heavy (non-hydrogen) atoms. The predicted molar refractivity (Wildman–Crippen MR) is 35.9 cm³/mol. The second kappa shape index (κ2) is 2.33. The summed E-state index contributed by atoms with van der Waals surface area (Å²) in [6.07, 6.45) is 7.58. The van der Waals surface area contributed by atoms with Gasteiger partial charge in [0.15, 0.2) is 0 Å². The van der Waals surface area contributed by atoms with E-state index in [1.165, 1.54) is 0 Å². The zero-order valence-electron chi connectivity index (χ0n) is 4.42. The van der Waals surface area contributed by atoms with E-state index in [-0.39, 0.29) is 11.4 Å². The van der Waals surface area contributed by atoms with Gasteiger partial charge in [0.1, 0.15) is 0 Å². The Morgan fingerprint density at radius 3 is 2.25 bits per heavy atom. The van der Waals surface area contributed by atoms with Crippen LogP contribution in [-0.2, 0) is 0 Å². The molecule has 1 rings (SSSR count). The van der Waals surface area contributed by atoms with Gasteiger partial charge >= 0.3 is 0 Å². The van der Waals surface area contributed by atoms with Crippen LogP contribution in [0.5, 0.6) is 0 Å². The summed E-state index contributed by atoms with van der Waals surface area (Å²) >= 11 is 5.70. The molecular formula is C6H8ClN. The van der Waals surface area contributed by atoms with Gasteiger partial charge in [-0.05, 0) is 0 Å². The smallest absolute Gasteiger partial charge is 0.0706 e. The highest BCUT2D eigenvalue weighted by molar-refractivity contribution is 6.22. The first-order chi connectivity index (χ1) is 3.80. The van der Waals surface area contributed by atoms with Crippen molar-refractivity contribution in [3.8, 4) is 0 Å². The van der Waals surface area contributed by atoms with Crippen LogP contribution in [-0.4, -0.2) is 11.4 Å². The SMILES string of the molecule is NC1C=CC=CC1Cl. The molecule has 0 fully saturated rings. The normalized spacial score (nSPS) is 35.8. The molecular weight excluding hydrogens is 122 g/mol. The summed E-state index contributed by atoms with van der Waals surface area (Å²) < 4.78 is 0. The Bertz CT molecular complexity index is 112. The molecule has 2 atom stereocenters. The first-order valence-electron chi connectivity index (χ1n) is 2.55. The average molecular weight is 130 g/mol. The van der Waals surface area contributed by atoms with E-state index in [0.29, 0.717) is 0 Å². The minimum atomic E-state index is -0.0139. The average Bonchev–Trinajstić information content (AvgIpc) is 1.77. The number of alkyl halides is 1. The van der Waals surface area contributed by atoms with Gasteiger partial charge in [0.2, 0.25) is 0 Å². The highest BCUT2D eigenvalue weighted by atomic mass is 35.5. The van der Waals surface area contributed by atoms with E-state index in [9.17, 15) is 0 Å². The van der Waals surface area contributed by atoms with Gasteiger partial charge < -0.3 is 5.73 Å². The number of hydrogen-bond acceptors (Lipinski definition) is 1. The van der Waals surface area contributed by atoms with Gasteiger partial charge in [0.05, 0.1) is 5.38 Å². The third-order valence-electron chi connectivity index (χ3n) is 1.11. The molecule has 0 aromatic heterocycles. The quantitative estimate of drug-likeness (QED) is 0.486. The highest BCUT2D eigenvalue weighted by Gasteiger charge is 2.08. The maximum Gasteiger partial charge on any atom is 0.0706 e. The van der Waals surface area contributed by atoms with Crippen molar-refractivity contribution in [2.24, 2.45) is 5.73 Å². The minimum absolute atomic E-state index is 0.00154. The first-order valence-corrected chi connectivity index (χ1v) is 2.99. The lowest BCUT2D eigenvalue weighted by Crippen LogP contribution is -2.28. The van der Waals surface area contributed by atoms with Crippen molar-refractivity contribution in [1.82, 2.24) is 0 Å². The Labute approximate surface area is 53.8 Å². The maximum atomic E-state index is 5.70. The molecule has 44 valence electrons. The summed E-state index contributed by atoms with van der Waals surface area (Å²) in [7, 11) is 0. The van der Waals surface area contributed by atoms with Crippen molar-refractivity contribution in [2.45, 2.75) is 11.4 Å². The fourth-order valence-electron chi connectivity index (χ4n) is 0.597. The van der Waals surface area contributed by atoms with Crippen LogP contribution in [0.25, 0.3) is 0 Å². The third kappa shape index (κ3) is 1.11. The molecule has 2 N–H and O–H groups in total. The summed E-state index contributed by atoms with van der Waals surface area (Å²) in [4.78, 5) is 0. The van der Waals surface area contributed by atoms with Crippen molar-refractivity contribution in [1.29, 1.82) is 0 Å². The van der Waals surface area contributed by atoms with Gasteiger partial charge in [0, 0.05) is 6.04 Å². The van der Waals surface area contributed by atoms with Crippen molar-refractivity contribution in [3.05, 3.63) is 24.3 Å². The van der Waals surface area contributed by atoms with Gasteiger partial charge in [-0.1, -0.05) is 24.3 Å². The summed E-state index contributed by atoms with van der Waals surface area (Å²) in [6, 6.07) is 0.00154. The molecule has 0 heterocycles. The Morgan fingerprint density at radius 2 is 1.88 bits per heavy atom. The van der Waals surface area contributed by atoms with Gasteiger partial charge in [-0.2, -0.15) is 0 Å². The van der Waals surface area contributed by atoms with Crippen LogP contribution in [0.15, 0.2) is 24.3 Å². The fraction of sp³-hybridized carbons (Fsp3) is 0.333. The number of rotatable bonds is 0. The topological polar surface area (TPSA) is 26.0 Å². The zero-order chi connectivity index (χ0) is 5.98. The molecule has 0 saturated heterocycles. The molecule has 2 unspecified atom stereocenters. The van der Waals surface area contributed by atoms with Gasteiger partial charge in [-0.15, -0.1) is 11.6 Å². The van der Waals surface area contributed by atoms with E-state index in [2.05, 4.69) is 0 Å². The van der Waals surface area contributed by atoms with E-state index in [0.717, 1.165) is 0 Å². The van der Waals surface area contributed by atoms with Crippen LogP contribution >= 0.6 is 11.6 Å². The summed E-state index contributed by atoms with van der Waals surface area (Å²) in [5, 5.41) is -0.0139. The Hall–Kier alpha value is -0.270. The monoisotopic (exact) mass is 129 g/mol. The second-order valence-corrected chi connectivity index (χ2v) is 2.30. The van der Waals surface area contributed by atoms with E-state index >= 15 is 0 Å². The molecule has 0 amide bonds. The highest BCUT2D eigenvalue weighted by Crippen LogP contribution is 2.07. The summed E-state index contributed by atoms with van der Waals surface area (Å²) in [6.45, 7) is 0. The van der Waals surface area contributed by atoms with Crippen LogP contribution < -0.4 is 5.73 Å². The largest absolute Gasteiger partial charge is 0.323 e. The second-order valence-electron chi connectivity index (χ2n) is 1.79. The molecule has 1 aliphatic rings. The molecule has 0 aliphatic heterocycles. The van der Waals surface area contributed by atoms with Crippen molar-refractivity contribution in [2.75, 3.05) is 0 Å². The molecule has 2 heteroatoms. The fourth-order valence-corrected chi connectivity index (χ4v) is 0.765. The summed E-state index contributed by atoms with van der Waals surface area (Å²) in [5.74, 6) is 0. The van der Waals surface area contributed by atoms with Crippen molar-refractivity contribution < 1.29 is 0 Å². The lowest BCUT2D eigenvalue weighted by Gasteiger charge is -2.11. The van der Waals surface area contributed by atoms with E-state index in [1.807, 2.05) is 24.3 Å². The molecule has 0 aromatic carbocycles. The van der Waals surface area contributed by atoms with Crippen LogP contribution in [0.2, 0.25) is 0 Å². The molecule has 1 nitrogen and oxygen atoms in total. The molecule has 0 spiro atoms. The lowest BCUT2D eigenvalue weighted by molar-refractivity contribution is 0.833. The van der Waals surface area contributed by atoms with Gasteiger partial charge in [-0.25, -0.2) is 0 Å². The maximum absolute atomic E-state index is 5.70. The van der Waals surface area contributed by atoms with Crippen molar-refractivity contribution >= 4 is 11.6 Å². The van der Waals surface area contributed by atoms with Crippen molar-refractivity contribution in [3.63, 3.8) is 0 Å². The summed E-state index contributed by atoms with van der Waals surface area (Å²) in [5.41, 5.74) is 5.51. The third-order valence-corrected chi connectivity index (χ3v) is 1.54. The van der Waals surface area contributed by atoms with E-state index < -0.39 is 0 Å². The van der Waals surface area contributed by atoms with Crippen LogP contribution in [0.4, 0.5) is 0 Å². The lowest BCUT2D eigenvalue weighted by atomic mass is 10.1. The number of hydrogen-bond donors (Lipinski definition) is 1. The molecule has 1 aliphatic carbocycles. The Kier molecular flexibility index (Phi) is 1.71. The molecule has 0 bridgehead atoms. The first kappa shape index (κ1) is 5.86. The zero-order valence-corrected chi connectivity index (χ0v) is 5.18. The standard InChI is InChI=1S/C6H8ClN/c7-5-3-1-2-4-6(5)8/h1-6H,8H2. The molecule has 0 saturated carbocycles. The molecule has 0 aromatic rings. The van der Waals surface area contributed by atoms with Crippen LogP contribution in [0, 0.1) is 0 Å². The van der Waals surface area contributed by atoms with Crippen LogP contribution in [0.3, 0.4) is 0 Å². The van der Waals surface area contributed by atoms with Gasteiger partial charge in [-0.3, -0.25) is 0 Å². The Morgan fingerprint density at radius 1 is 1.25 bits per heavy atom. The van der Waals surface area contributed by atoms with E-state index in [4.69, 9.17) is 17.3 Å². The Balaban J connectivity index is 2.59. The number of allylic oxidation sites excluding steroid dienone is 2. The number of halogens is 1. The molecule has 0 radical (unpaired) electrons. The number of nitrogens with two attached hydrogens (primary N) is 1.